The van der Waals surface area contributed by atoms with Gasteiger partial charge in [-0.1, -0.05) is 54.0 Å². The lowest BCUT2D eigenvalue weighted by Crippen LogP contribution is -2.55. The molecular formula is C28H45N5O3S. The third kappa shape index (κ3) is 9.38. The molecule has 0 fully saturated rings. The molecule has 0 aliphatic carbocycles. The number of benzene rings is 1. The normalized spacial score (nSPS) is 14.9. The number of rotatable bonds is 14. The maximum absolute atomic E-state index is 13.4. The first-order chi connectivity index (χ1) is 17.4. The fourth-order valence-corrected chi connectivity index (χ4v) is 5.15. The van der Waals surface area contributed by atoms with Gasteiger partial charge >= 0.3 is 0 Å². The summed E-state index contributed by atoms with van der Waals surface area (Å²) in [5.74, 6) is -0.0782. The van der Waals surface area contributed by atoms with E-state index in [9.17, 15) is 14.4 Å². The molecule has 0 aliphatic heterocycles. The number of fused-ring (bicyclic) bond motifs is 1. The smallest absolute Gasteiger partial charge is 0.243 e. The zero-order valence-electron chi connectivity index (χ0n) is 23.7. The van der Waals surface area contributed by atoms with E-state index in [4.69, 9.17) is 4.98 Å². The summed E-state index contributed by atoms with van der Waals surface area (Å²) in [5.41, 5.74) is 2.15. The van der Waals surface area contributed by atoms with Gasteiger partial charge in [-0.2, -0.15) is 0 Å². The number of thiazole rings is 1. The topological polar surface area (TPSA) is 103 Å². The standard InChI is InChI=1S/C28H45N5O3S/c1-9-18(5)23(15-29-27(35)19(6)16-33(7)8)32-28(36)22(30-25(34)10-2)14-26-31-21-12-11-20(17(3)4)13-24(21)37-26/h11-13,17-19,22-23H,9-10,14-16H2,1-8H3,(H,29,35)(H,30,34)(H,32,36)/t18-,19?,22-,23+/m0/s1. The Kier molecular flexibility index (Phi) is 12.0. The minimum atomic E-state index is -0.743. The fraction of sp³-hybridized carbons (Fsp3) is 0.643. The van der Waals surface area contributed by atoms with Crippen LogP contribution in [0.5, 0.6) is 0 Å². The number of amides is 3. The van der Waals surface area contributed by atoms with E-state index in [1.54, 1.807) is 18.3 Å². The largest absolute Gasteiger partial charge is 0.354 e. The lowest BCUT2D eigenvalue weighted by Gasteiger charge is -2.28. The Morgan fingerprint density at radius 1 is 1.03 bits per heavy atom. The maximum atomic E-state index is 13.4. The van der Waals surface area contributed by atoms with E-state index >= 15 is 0 Å². The average molecular weight is 532 g/mol. The van der Waals surface area contributed by atoms with Gasteiger partial charge in [0.25, 0.3) is 0 Å². The molecule has 9 heteroatoms. The van der Waals surface area contributed by atoms with Crippen LogP contribution >= 0.6 is 11.3 Å². The van der Waals surface area contributed by atoms with E-state index in [1.165, 1.54) is 5.56 Å². The second-order valence-electron chi connectivity index (χ2n) is 10.6. The number of hydrogen-bond acceptors (Lipinski definition) is 6. The van der Waals surface area contributed by atoms with Gasteiger partial charge in [-0.05, 0) is 43.6 Å². The fourth-order valence-electron chi connectivity index (χ4n) is 4.09. The highest BCUT2D eigenvalue weighted by molar-refractivity contribution is 7.18. The van der Waals surface area contributed by atoms with Crippen LogP contribution in [-0.4, -0.2) is 66.9 Å². The Labute approximate surface area is 226 Å². The van der Waals surface area contributed by atoms with Gasteiger partial charge in [-0.3, -0.25) is 14.4 Å². The molecule has 2 rings (SSSR count). The molecule has 0 saturated heterocycles. The highest BCUT2D eigenvalue weighted by Crippen LogP contribution is 2.27. The van der Waals surface area contributed by atoms with Crippen molar-refractivity contribution in [2.24, 2.45) is 11.8 Å². The molecule has 0 spiro atoms. The van der Waals surface area contributed by atoms with Crippen LogP contribution in [0.4, 0.5) is 0 Å². The second-order valence-corrected chi connectivity index (χ2v) is 11.7. The Morgan fingerprint density at radius 3 is 2.32 bits per heavy atom. The maximum Gasteiger partial charge on any atom is 0.243 e. The predicted molar refractivity (Wildman–Crippen MR) is 152 cm³/mol. The summed E-state index contributed by atoms with van der Waals surface area (Å²) in [4.78, 5) is 45.0. The van der Waals surface area contributed by atoms with E-state index < -0.39 is 6.04 Å². The third-order valence-corrected chi connectivity index (χ3v) is 7.76. The van der Waals surface area contributed by atoms with Crippen LogP contribution < -0.4 is 16.0 Å². The molecule has 1 unspecified atom stereocenters. The Bertz CT molecular complexity index is 1050. The first-order valence-electron chi connectivity index (χ1n) is 13.4. The lowest BCUT2D eigenvalue weighted by molar-refractivity contribution is -0.129. The molecule has 1 heterocycles. The number of nitrogens with zero attached hydrogens (tertiary/aromatic N) is 2. The van der Waals surface area contributed by atoms with Gasteiger partial charge in [0, 0.05) is 37.9 Å². The Hall–Kier alpha value is -2.52. The van der Waals surface area contributed by atoms with E-state index in [-0.39, 0.29) is 42.0 Å². The first kappa shape index (κ1) is 30.7. The number of carbonyl (C=O) groups excluding carboxylic acids is 3. The van der Waals surface area contributed by atoms with Gasteiger partial charge in [-0.25, -0.2) is 4.98 Å². The molecule has 0 aliphatic rings. The van der Waals surface area contributed by atoms with Crippen LogP contribution in [0.25, 0.3) is 10.2 Å². The predicted octanol–water partition coefficient (Wildman–Crippen LogP) is 3.70. The van der Waals surface area contributed by atoms with Gasteiger partial charge in [-0.15, -0.1) is 11.3 Å². The van der Waals surface area contributed by atoms with Crippen molar-refractivity contribution >= 4 is 39.3 Å². The molecule has 1 aromatic heterocycles. The van der Waals surface area contributed by atoms with Crippen LogP contribution in [0.2, 0.25) is 0 Å². The third-order valence-electron chi connectivity index (χ3n) is 6.72. The summed E-state index contributed by atoms with van der Waals surface area (Å²) in [6, 6.07) is 5.26. The quantitative estimate of drug-likeness (QED) is 0.345. The number of carbonyl (C=O) groups is 3. The van der Waals surface area contributed by atoms with Crippen LogP contribution in [0.1, 0.15) is 70.9 Å². The molecule has 1 aromatic carbocycles. The van der Waals surface area contributed by atoms with Crippen molar-refractivity contribution in [3.8, 4) is 0 Å². The molecule has 0 saturated carbocycles. The number of hydrogen-bond donors (Lipinski definition) is 3. The minimum absolute atomic E-state index is 0.0395. The van der Waals surface area contributed by atoms with Crippen LogP contribution in [-0.2, 0) is 20.8 Å². The van der Waals surface area contributed by atoms with Crippen LogP contribution in [0, 0.1) is 11.8 Å². The zero-order chi connectivity index (χ0) is 27.7. The summed E-state index contributed by atoms with van der Waals surface area (Å²) in [5, 5.41) is 9.79. The van der Waals surface area contributed by atoms with Gasteiger partial charge in [0.15, 0.2) is 0 Å². The van der Waals surface area contributed by atoms with Gasteiger partial charge in [0.1, 0.15) is 6.04 Å². The Morgan fingerprint density at radius 2 is 1.73 bits per heavy atom. The molecular weight excluding hydrogens is 486 g/mol. The average Bonchev–Trinajstić information content (AvgIpc) is 3.26. The molecule has 206 valence electrons. The van der Waals surface area contributed by atoms with Gasteiger partial charge in [0.05, 0.1) is 15.2 Å². The minimum Gasteiger partial charge on any atom is -0.354 e. The van der Waals surface area contributed by atoms with Crippen molar-refractivity contribution in [3.63, 3.8) is 0 Å². The second kappa shape index (κ2) is 14.4. The van der Waals surface area contributed by atoms with E-state index in [1.807, 2.05) is 32.0 Å². The van der Waals surface area contributed by atoms with Crippen LogP contribution in [0.3, 0.4) is 0 Å². The molecule has 0 radical (unpaired) electrons. The molecule has 37 heavy (non-hydrogen) atoms. The van der Waals surface area contributed by atoms with Crippen molar-refractivity contribution in [2.75, 3.05) is 27.2 Å². The highest BCUT2D eigenvalue weighted by atomic mass is 32.1. The zero-order valence-corrected chi connectivity index (χ0v) is 24.5. The van der Waals surface area contributed by atoms with Crippen molar-refractivity contribution in [3.05, 3.63) is 28.8 Å². The van der Waals surface area contributed by atoms with Gasteiger partial charge < -0.3 is 20.9 Å². The highest BCUT2D eigenvalue weighted by Gasteiger charge is 2.27. The molecule has 2 aromatic rings. The molecule has 3 N–H and O–H groups in total. The van der Waals surface area contributed by atoms with Gasteiger partial charge in [0.2, 0.25) is 17.7 Å². The number of aromatic nitrogens is 1. The van der Waals surface area contributed by atoms with E-state index in [2.05, 4.69) is 55.8 Å². The van der Waals surface area contributed by atoms with Crippen molar-refractivity contribution in [1.82, 2.24) is 25.8 Å². The van der Waals surface area contributed by atoms with Crippen molar-refractivity contribution in [2.45, 2.75) is 78.8 Å². The van der Waals surface area contributed by atoms with E-state index in [0.717, 1.165) is 21.6 Å². The molecule has 0 bridgehead atoms. The summed E-state index contributed by atoms with van der Waals surface area (Å²) in [7, 11) is 3.87. The monoisotopic (exact) mass is 531 g/mol. The summed E-state index contributed by atoms with van der Waals surface area (Å²) in [6.07, 6.45) is 1.44. The SMILES string of the molecule is CCC(=O)N[C@@H](Cc1nc2ccc(C(C)C)cc2s1)C(=O)N[C@H](CNC(=O)C(C)CN(C)C)[C@@H](C)CC. The summed E-state index contributed by atoms with van der Waals surface area (Å²) >= 11 is 1.56. The molecule has 4 atom stereocenters. The van der Waals surface area contributed by atoms with Crippen molar-refractivity contribution in [1.29, 1.82) is 0 Å². The molecule has 8 nitrogen and oxygen atoms in total. The van der Waals surface area contributed by atoms with E-state index in [0.29, 0.717) is 25.4 Å². The molecule has 3 amide bonds. The summed E-state index contributed by atoms with van der Waals surface area (Å²) in [6.45, 7) is 13.1. The van der Waals surface area contributed by atoms with Crippen molar-refractivity contribution < 1.29 is 14.4 Å². The lowest BCUT2D eigenvalue weighted by atomic mass is 9.98. The summed E-state index contributed by atoms with van der Waals surface area (Å²) < 4.78 is 1.08. The van der Waals surface area contributed by atoms with Crippen LogP contribution in [0.15, 0.2) is 18.2 Å². The first-order valence-corrected chi connectivity index (χ1v) is 14.2. The number of nitrogens with one attached hydrogen (secondary N) is 3. The Balaban J connectivity index is 2.17.